The van der Waals surface area contributed by atoms with Crippen molar-refractivity contribution in [3.63, 3.8) is 0 Å². The quantitative estimate of drug-likeness (QED) is 0.836. The third kappa shape index (κ3) is 3.43. The van der Waals surface area contributed by atoms with E-state index in [9.17, 15) is 4.79 Å². The highest BCUT2D eigenvalue weighted by Gasteiger charge is 2.31. The van der Waals surface area contributed by atoms with Crippen molar-refractivity contribution in [1.29, 1.82) is 0 Å². The number of nitrogens with one attached hydrogen (secondary N) is 1. The molecule has 1 unspecified atom stereocenters. The lowest BCUT2D eigenvalue weighted by Crippen LogP contribution is -2.45. The van der Waals surface area contributed by atoms with Gasteiger partial charge in [-0.3, -0.25) is 4.79 Å². The maximum Gasteiger partial charge on any atom is 0.232 e. The Bertz CT molecular complexity index is 457. The van der Waals surface area contributed by atoms with E-state index in [0.717, 1.165) is 5.56 Å². The molecule has 0 fully saturated rings. The van der Waals surface area contributed by atoms with Crippen LogP contribution in [0, 0.1) is 5.41 Å². The zero-order valence-corrected chi connectivity index (χ0v) is 12.2. The molecule has 0 aliphatic rings. The van der Waals surface area contributed by atoms with E-state index in [-0.39, 0.29) is 16.9 Å². The molecule has 0 aliphatic heterocycles. The van der Waals surface area contributed by atoms with E-state index >= 15 is 0 Å². The highest BCUT2D eigenvalue weighted by Crippen LogP contribution is 2.20. The summed E-state index contributed by atoms with van der Waals surface area (Å²) in [6.07, 6.45) is 0. The average molecular weight is 285 g/mol. The van der Waals surface area contributed by atoms with Gasteiger partial charge in [-0.25, -0.2) is 0 Å². The molecular formula is C13H17ClN2OS. The Labute approximate surface area is 118 Å². The van der Waals surface area contributed by atoms with E-state index in [1.807, 2.05) is 19.1 Å². The molecule has 0 saturated heterocycles. The number of thiocarbonyl (C=S) groups is 1. The predicted octanol–water partition coefficient (Wildman–Crippen LogP) is 2.83. The van der Waals surface area contributed by atoms with E-state index in [4.69, 9.17) is 29.6 Å². The number of carbonyl (C=O) groups excluding carboxylic acids is 1. The molecule has 0 heterocycles. The molecule has 1 atom stereocenters. The number of benzene rings is 1. The summed E-state index contributed by atoms with van der Waals surface area (Å²) in [4.78, 5) is 12.2. The Hall–Kier alpha value is -1.13. The van der Waals surface area contributed by atoms with Crippen LogP contribution in [0.3, 0.4) is 0 Å². The summed E-state index contributed by atoms with van der Waals surface area (Å²) in [5, 5.41) is 3.56. The highest BCUT2D eigenvalue weighted by molar-refractivity contribution is 7.80. The van der Waals surface area contributed by atoms with Crippen LogP contribution in [0.1, 0.15) is 32.4 Å². The molecule has 1 amide bonds. The molecule has 18 heavy (non-hydrogen) atoms. The molecule has 0 radical (unpaired) electrons. The molecular weight excluding hydrogens is 268 g/mol. The number of halogens is 1. The van der Waals surface area contributed by atoms with Gasteiger partial charge >= 0.3 is 0 Å². The van der Waals surface area contributed by atoms with Gasteiger partial charge in [-0.05, 0) is 38.5 Å². The summed E-state index contributed by atoms with van der Waals surface area (Å²) < 4.78 is 0. The van der Waals surface area contributed by atoms with Crippen molar-refractivity contribution in [3.05, 3.63) is 34.9 Å². The lowest BCUT2D eigenvalue weighted by molar-refractivity contribution is -0.126. The van der Waals surface area contributed by atoms with E-state index in [2.05, 4.69) is 5.32 Å². The first-order chi connectivity index (χ1) is 8.25. The number of nitrogens with two attached hydrogens (primary N) is 1. The van der Waals surface area contributed by atoms with Crippen LogP contribution in [-0.2, 0) is 4.79 Å². The van der Waals surface area contributed by atoms with Crippen molar-refractivity contribution < 1.29 is 4.79 Å². The van der Waals surface area contributed by atoms with Crippen LogP contribution < -0.4 is 11.1 Å². The first-order valence-electron chi connectivity index (χ1n) is 5.61. The Balaban J connectivity index is 2.76. The molecule has 0 aliphatic carbocycles. The van der Waals surface area contributed by atoms with Gasteiger partial charge in [0, 0.05) is 5.02 Å². The van der Waals surface area contributed by atoms with Crippen molar-refractivity contribution >= 4 is 34.7 Å². The standard InChI is InChI=1S/C13H17ClN2OS/c1-8(9-4-6-10(14)7-5-9)16-12(17)13(2,3)11(15)18/h4-8H,1-3H3,(H2,15,18)(H,16,17). The largest absolute Gasteiger partial charge is 0.392 e. The van der Waals surface area contributed by atoms with Gasteiger partial charge in [0.2, 0.25) is 5.91 Å². The molecule has 5 heteroatoms. The molecule has 3 N–H and O–H groups in total. The SMILES string of the molecule is CC(NC(=O)C(C)(C)C(N)=S)c1ccc(Cl)cc1. The summed E-state index contributed by atoms with van der Waals surface area (Å²) in [5.41, 5.74) is 5.69. The van der Waals surface area contributed by atoms with Gasteiger partial charge in [0.25, 0.3) is 0 Å². The van der Waals surface area contributed by atoms with Crippen molar-refractivity contribution in [2.75, 3.05) is 0 Å². The second-order valence-electron chi connectivity index (χ2n) is 4.74. The van der Waals surface area contributed by atoms with Crippen LogP contribution in [0.2, 0.25) is 5.02 Å². The average Bonchev–Trinajstić information content (AvgIpc) is 2.29. The number of rotatable bonds is 4. The summed E-state index contributed by atoms with van der Waals surface area (Å²) in [5.74, 6) is -0.183. The minimum Gasteiger partial charge on any atom is -0.392 e. The van der Waals surface area contributed by atoms with Gasteiger partial charge in [-0.15, -0.1) is 0 Å². The minimum atomic E-state index is -0.851. The summed E-state index contributed by atoms with van der Waals surface area (Å²) >= 11 is 10.7. The summed E-state index contributed by atoms with van der Waals surface area (Å²) in [6, 6.07) is 7.21. The van der Waals surface area contributed by atoms with Crippen LogP contribution in [-0.4, -0.2) is 10.9 Å². The summed E-state index contributed by atoms with van der Waals surface area (Å²) in [7, 11) is 0. The first-order valence-corrected chi connectivity index (χ1v) is 6.40. The second kappa shape index (κ2) is 5.67. The smallest absolute Gasteiger partial charge is 0.232 e. The number of amides is 1. The predicted molar refractivity (Wildman–Crippen MR) is 78.6 cm³/mol. The normalized spacial score (nSPS) is 12.9. The van der Waals surface area contributed by atoms with Crippen molar-refractivity contribution in [3.8, 4) is 0 Å². The molecule has 1 aromatic carbocycles. The Kier molecular flexibility index (Phi) is 4.71. The molecule has 98 valence electrons. The maximum absolute atomic E-state index is 12.1. The Morgan fingerprint density at radius 2 is 1.89 bits per heavy atom. The van der Waals surface area contributed by atoms with Crippen molar-refractivity contribution in [2.45, 2.75) is 26.8 Å². The highest BCUT2D eigenvalue weighted by atomic mass is 35.5. The zero-order valence-electron chi connectivity index (χ0n) is 10.7. The van der Waals surface area contributed by atoms with Crippen LogP contribution in [0.4, 0.5) is 0 Å². The molecule has 0 saturated carbocycles. The first kappa shape index (κ1) is 14.9. The Morgan fingerprint density at radius 3 is 2.33 bits per heavy atom. The van der Waals surface area contributed by atoms with Crippen molar-refractivity contribution in [2.24, 2.45) is 11.1 Å². The number of carbonyl (C=O) groups is 1. The third-order valence-electron chi connectivity index (χ3n) is 2.90. The van der Waals surface area contributed by atoms with Crippen LogP contribution in [0.25, 0.3) is 0 Å². The molecule has 3 nitrogen and oxygen atoms in total. The maximum atomic E-state index is 12.1. The molecule has 0 bridgehead atoms. The number of hydrogen-bond donors (Lipinski definition) is 2. The lowest BCUT2D eigenvalue weighted by Gasteiger charge is -2.25. The van der Waals surface area contributed by atoms with Gasteiger partial charge < -0.3 is 11.1 Å². The zero-order chi connectivity index (χ0) is 13.9. The lowest BCUT2D eigenvalue weighted by atomic mass is 9.91. The Morgan fingerprint density at radius 1 is 1.39 bits per heavy atom. The second-order valence-corrected chi connectivity index (χ2v) is 5.61. The molecule has 0 aromatic heterocycles. The van der Waals surface area contributed by atoms with E-state index in [1.165, 1.54) is 0 Å². The monoisotopic (exact) mass is 284 g/mol. The molecule has 0 spiro atoms. The number of hydrogen-bond acceptors (Lipinski definition) is 2. The fourth-order valence-electron chi connectivity index (χ4n) is 1.32. The third-order valence-corrected chi connectivity index (χ3v) is 3.66. The fraction of sp³-hybridized carbons (Fsp3) is 0.385. The fourth-order valence-corrected chi connectivity index (χ4v) is 1.54. The van der Waals surface area contributed by atoms with Crippen molar-refractivity contribution in [1.82, 2.24) is 5.32 Å². The van der Waals surface area contributed by atoms with Crippen LogP contribution in [0.15, 0.2) is 24.3 Å². The van der Waals surface area contributed by atoms with Gasteiger partial charge in [0.1, 0.15) is 0 Å². The topological polar surface area (TPSA) is 55.1 Å². The molecule has 1 aromatic rings. The van der Waals surface area contributed by atoms with Gasteiger partial charge in [0.15, 0.2) is 0 Å². The summed E-state index contributed by atoms with van der Waals surface area (Å²) in [6.45, 7) is 5.31. The van der Waals surface area contributed by atoms with E-state index in [1.54, 1.807) is 26.0 Å². The van der Waals surface area contributed by atoms with Gasteiger partial charge in [-0.1, -0.05) is 36.0 Å². The molecule has 1 rings (SSSR count). The van der Waals surface area contributed by atoms with E-state index in [0.29, 0.717) is 5.02 Å². The van der Waals surface area contributed by atoms with Gasteiger partial charge in [-0.2, -0.15) is 0 Å². The van der Waals surface area contributed by atoms with Gasteiger partial charge in [0.05, 0.1) is 16.4 Å². The van der Waals surface area contributed by atoms with Crippen LogP contribution in [0.5, 0.6) is 0 Å². The minimum absolute atomic E-state index is 0.122. The van der Waals surface area contributed by atoms with E-state index < -0.39 is 5.41 Å². The van der Waals surface area contributed by atoms with Crippen LogP contribution >= 0.6 is 23.8 Å².